The van der Waals surface area contributed by atoms with Gasteiger partial charge in [-0.05, 0) is 19.1 Å². The van der Waals surface area contributed by atoms with Gasteiger partial charge < -0.3 is 10.1 Å². The molecule has 0 saturated carbocycles. The van der Waals surface area contributed by atoms with Crippen molar-refractivity contribution in [3.05, 3.63) is 28.8 Å². The number of halogens is 2. The van der Waals surface area contributed by atoms with Gasteiger partial charge in [0, 0.05) is 7.05 Å². The van der Waals surface area contributed by atoms with Gasteiger partial charge in [-0.25, -0.2) is 4.79 Å². The molecule has 0 amide bonds. The zero-order valence-corrected chi connectivity index (χ0v) is 10.1. The van der Waals surface area contributed by atoms with Gasteiger partial charge in [-0.15, -0.1) is 12.4 Å². The molecule has 0 aliphatic heterocycles. The van der Waals surface area contributed by atoms with Gasteiger partial charge in [0.1, 0.15) is 0 Å². The first-order valence-electron chi connectivity index (χ1n) is 4.34. The van der Waals surface area contributed by atoms with E-state index in [-0.39, 0.29) is 18.4 Å². The van der Waals surface area contributed by atoms with Gasteiger partial charge in [-0.3, -0.25) is 0 Å². The molecule has 0 atom stereocenters. The summed E-state index contributed by atoms with van der Waals surface area (Å²) in [6.45, 7) is 2.12. The molecule has 1 rings (SSSR count). The van der Waals surface area contributed by atoms with Crippen LogP contribution in [-0.4, -0.2) is 19.6 Å². The maximum absolute atomic E-state index is 11.5. The van der Waals surface area contributed by atoms with Crippen molar-refractivity contribution in [3.8, 4) is 0 Å². The van der Waals surface area contributed by atoms with Crippen molar-refractivity contribution in [3.63, 3.8) is 0 Å². The smallest absolute Gasteiger partial charge is 0.340 e. The fourth-order valence-electron chi connectivity index (χ4n) is 1.16. The summed E-state index contributed by atoms with van der Waals surface area (Å²) in [6.07, 6.45) is 0. The van der Waals surface area contributed by atoms with Crippen LogP contribution < -0.4 is 5.32 Å². The van der Waals surface area contributed by atoms with E-state index in [9.17, 15) is 4.79 Å². The molecule has 0 fully saturated rings. The lowest BCUT2D eigenvalue weighted by atomic mass is 10.2. The number of esters is 1. The highest BCUT2D eigenvalue weighted by molar-refractivity contribution is 6.34. The van der Waals surface area contributed by atoms with Gasteiger partial charge in [0.15, 0.2) is 0 Å². The predicted molar refractivity (Wildman–Crippen MR) is 64.2 cm³/mol. The molecule has 84 valence electrons. The van der Waals surface area contributed by atoms with E-state index in [0.29, 0.717) is 22.9 Å². The third-order valence-corrected chi connectivity index (χ3v) is 2.07. The molecule has 0 heterocycles. The zero-order chi connectivity index (χ0) is 10.6. The lowest BCUT2D eigenvalue weighted by molar-refractivity contribution is 0.0527. The highest BCUT2D eigenvalue weighted by Gasteiger charge is 2.13. The predicted octanol–water partition coefficient (Wildman–Crippen LogP) is 2.98. The average molecular weight is 250 g/mol. The van der Waals surface area contributed by atoms with Crippen LogP contribution in [0.25, 0.3) is 0 Å². The number of rotatable bonds is 3. The lowest BCUT2D eigenvalue weighted by Gasteiger charge is -2.09. The number of anilines is 1. The summed E-state index contributed by atoms with van der Waals surface area (Å²) >= 11 is 5.90. The summed E-state index contributed by atoms with van der Waals surface area (Å²) < 4.78 is 4.89. The molecule has 0 aromatic heterocycles. The minimum Gasteiger partial charge on any atom is -0.462 e. The lowest BCUT2D eigenvalue weighted by Crippen LogP contribution is -2.08. The molecule has 0 radical (unpaired) electrons. The summed E-state index contributed by atoms with van der Waals surface area (Å²) in [4.78, 5) is 11.5. The first-order chi connectivity index (χ1) is 6.70. The van der Waals surface area contributed by atoms with Crippen LogP contribution in [0, 0.1) is 0 Å². The SMILES string of the molecule is CCOC(=O)c1cccc(Cl)c1NC.Cl. The number of benzene rings is 1. The van der Waals surface area contributed by atoms with Crippen molar-refractivity contribution in [2.24, 2.45) is 0 Å². The number of carbonyl (C=O) groups is 1. The van der Waals surface area contributed by atoms with Crippen molar-refractivity contribution < 1.29 is 9.53 Å². The number of para-hydroxylation sites is 1. The molecular weight excluding hydrogens is 237 g/mol. The third kappa shape index (κ3) is 3.29. The van der Waals surface area contributed by atoms with Gasteiger partial charge in [-0.1, -0.05) is 17.7 Å². The van der Waals surface area contributed by atoms with E-state index in [1.165, 1.54) is 0 Å². The highest BCUT2D eigenvalue weighted by atomic mass is 35.5. The summed E-state index contributed by atoms with van der Waals surface area (Å²) in [5.41, 5.74) is 1.06. The van der Waals surface area contributed by atoms with Crippen LogP contribution in [0.15, 0.2) is 18.2 Å². The Kier molecular flexibility index (Phi) is 6.13. The van der Waals surface area contributed by atoms with Crippen molar-refractivity contribution in [2.45, 2.75) is 6.92 Å². The van der Waals surface area contributed by atoms with Gasteiger partial charge in [0.2, 0.25) is 0 Å². The Labute approximate surface area is 100 Å². The molecule has 0 spiro atoms. The van der Waals surface area contributed by atoms with Crippen LogP contribution in [0.1, 0.15) is 17.3 Å². The molecule has 1 aromatic rings. The summed E-state index contributed by atoms with van der Waals surface area (Å²) in [7, 11) is 1.71. The standard InChI is InChI=1S/C10H12ClNO2.ClH/c1-3-14-10(13)7-5-4-6-8(11)9(7)12-2;/h4-6,12H,3H2,1-2H3;1H. The minimum atomic E-state index is -0.362. The molecule has 0 aliphatic carbocycles. The first-order valence-corrected chi connectivity index (χ1v) is 4.71. The molecule has 0 bridgehead atoms. The Balaban J connectivity index is 0.00000196. The maximum atomic E-state index is 11.5. The average Bonchev–Trinajstić information content (AvgIpc) is 2.17. The second-order valence-corrected chi connectivity index (χ2v) is 3.04. The molecule has 1 aromatic carbocycles. The fourth-order valence-corrected chi connectivity index (χ4v) is 1.43. The second-order valence-electron chi connectivity index (χ2n) is 2.63. The van der Waals surface area contributed by atoms with E-state index >= 15 is 0 Å². The van der Waals surface area contributed by atoms with Gasteiger partial charge in [-0.2, -0.15) is 0 Å². The van der Waals surface area contributed by atoms with Crippen LogP contribution in [0.3, 0.4) is 0 Å². The van der Waals surface area contributed by atoms with E-state index in [4.69, 9.17) is 16.3 Å². The number of nitrogens with one attached hydrogen (secondary N) is 1. The van der Waals surface area contributed by atoms with Gasteiger partial charge >= 0.3 is 5.97 Å². The summed E-state index contributed by atoms with van der Waals surface area (Å²) in [6, 6.07) is 5.11. The topological polar surface area (TPSA) is 38.3 Å². The number of ether oxygens (including phenoxy) is 1. The number of carbonyl (C=O) groups excluding carboxylic acids is 1. The summed E-state index contributed by atoms with van der Waals surface area (Å²) in [5, 5.41) is 3.38. The Morgan fingerprint density at radius 2 is 2.20 bits per heavy atom. The maximum Gasteiger partial charge on any atom is 0.340 e. The van der Waals surface area contributed by atoms with Crippen molar-refractivity contribution in [1.29, 1.82) is 0 Å². The molecular formula is C10H13Cl2NO2. The van der Waals surface area contributed by atoms with Crippen LogP contribution in [0.2, 0.25) is 5.02 Å². The largest absolute Gasteiger partial charge is 0.462 e. The number of hydrogen-bond donors (Lipinski definition) is 1. The van der Waals surface area contributed by atoms with Gasteiger partial charge in [0.05, 0.1) is 22.9 Å². The Hall–Kier alpha value is -0.930. The molecule has 15 heavy (non-hydrogen) atoms. The molecule has 0 saturated heterocycles. The van der Waals surface area contributed by atoms with Crippen LogP contribution in [0.4, 0.5) is 5.69 Å². The Morgan fingerprint density at radius 3 is 2.73 bits per heavy atom. The third-order valence-electron chi connectivity index (χ3n) is 1.76. The first kappa shape index (κ1) is 14.1. The molecule has 3 nitrogen and oxygen atoms in total. The normalized spacial score (nSPS) is 9.00. The quantitative estimate of drug-likeness (QED) is 0.838. The molecule has 1 N–H and O–H groups in total. The molecule has 0 unspecified atom stereocenters. The van der Waals surface area contributed by atoms with Gasteiger partial charge in [0.25, 0.3) is 0 Å². The van der Waals surface area contributed by atoms with Crippen molar-refractivity contribution >= 4 is 35.7 Å². The van der Waals surface area contributed by atoms with E-state index in [0.717, 1.165) is 0 Å². The van der Waals surface area contributed by atoms with Crippen LogP contribution in [0.5, 0.6) is 0 Å². The zero-order valence-electron chi connectivity index (χ0n) is 8.54. The van der Waals surface area contributed by atoms with E-state index in [1.54, 1.807) is 32.2 Å². The fraction of sp³-hybridized carbons (Fsp3) is 0.300. The molecule has 5 heteroatoms. The Morgan fingerprint density at radius 1 is 1.53 bits per heavy atom. The second kappa shape index (κ2) is 6.53. The van der Waals surface area contributed by atoms with Crippen LogP contribution >= 0.6 is 24.0 Å². The van der Waals surface area contributed by atoms with Crippen LogP contribution in [-0.2, 0) is 4.74 Å². The summed E-state index contributed by atoms with van der Waals surface area (Å²) in [5.74, 6) is -0.362. The number of hydrogen-bond acceptors (Lipinski definition) is 3. The monoisotopic (exact) mass is 249 g/mol. The Bertz CT molecular complexity index is 342. The minimum absolute atomic E-state index is 0. The van der Waals surface area contributed by atoms with E-state index in [1.807, 2.05) is 0 Å². The highest BCUT2D eigenvalue weighted by Crippen LogP contribution is 2.25. The molecule has 0 aliphatic rings. The van der Waals surface area contributed by atoms with Crippen molar-refractivity contribution in [2.75, 3.05) is 19.0 Å². The van der Waals surface area contributed by atoms with Crippen molar-refractivity contribution in [1.82, 2.24) is 0 Å². The van der Waals surface area contributed by atoms with E-state index < -0.39 is 0 Å². The van der Waals surface area contributed by atoms with E-state index in [2.05, 4.69) is 5.32 Å².